The summed E-state index contributed by atoms with van der Waals surface area (Å²) >= 11 is 6.70. The van der Waals surface area contributed by atoms with Crippen molar-refractivity contribution < 1.29 is 4.39 Å². The number of hydrogen-bond acceptors (Lipinski definition) is 6. The highest BCUT2D eigenvalue weighted by molar-refractivity contribution is 6.35. The molecule has 2 aliphatic rings. The summed E-state index contributed by atoms with van der Waals surface area (Å²) in [5.41, 5.74) is 4.10. The van der Waals surface area contributed by atoms with Crippen LogP contribution in [0, 0.1) is 17.1 Å². The highest BCUT2D eigenvalue weighted by Crippen LogP contribution is 2.41. The van der Waals surface area contributed by atoms with Crippen LogP contribution < -0.4 is 10.6 Å². The van der Waals surface area contributed by atoms with Gasteiger partial charge in [0, 0.05) is 22.8 Å². The number of hydrogen-bond donors (Lipinski definition) is 2. The van der Waals surface area contributed by atoms with Crippen LogP contribution in [0.15, 0.2) is 48.8 Å². The summed E-state index contributed by atoms with van der Waals surface area (Å²) in [6, 6.07) is 12.4. The highest BCUT2D eigenvalue weighted by atomic mass is 35.5. The van der Waals surface area contributed by atoms with E-state index in [-0.39, 0.29) is 17.4 Å². The number of nitrogens with one attached hydrogen (secondary N) is 2. The Kier molecular flexibility index (Phi) is 5.53. The van der Waals surface area contributed by atoms with Crippen molar-refractivity contribution >= 4 is 33.9 Å². The van der Waals surface area contributed by atoms with Gasteiger partial charge in [-0.15, -0.1) is 5.10 Å². The number of pyridine rings is 1. The fraction of sp³-hybridized carbons (Fsp3) is 0.333. The number of nitrogens with zero attached hydrogens (tertiary/aromatic N) is 5. The third-order valence-corrected chi connectivity index (χ3v) is 7.48. The highest BCUT2D eigenvalue weighted by Gasteiger charge is 2.33. The SMILES string of the molecule is CC1(Nc2c(C#N)cnc3c(Cl)cc(NC(c4ccc(F)cc4)c4cn(C5CC5)nn4)cc23)CCC1. The second kappa shape index (κ2) is 8.75. The first kappa shape index (κ1) is 22.7. The normalized spacial score (nSPS) is 17.3. The topological polar surface area (TPSA) is 91.5 Å². The molecule has 7 nitrogen and oxygen atoms in total. The van der Waals surface area contributed by atoms with Gasteiger partial charge in [0.05, 0.1) is 40.1 Å². The van der Waals surface area contributed by atoms with Crippen molar-refractivity contribution in [2.75, 3.05) is 10.6 Å². The molecule has 1 atom stereocenters. The smallest absolute Gasteiger partial charge is 0.123 e. The van der Waals surface area contributed by atoms with Crippen LogP contribution in [-0.4, -0.2) is 25.5 Å². The lowest BCUT2D eigenvalue weighted by Gasteiger charge is -2.40. The average Bonchev–Trinajstić information content (AvgIpc) is 3.59. The van der Waals surface area contributed by atoms with Gasteiger partial charge in [-0.3, -0.25) is 4.98 Å². The van der Waals surface area contributed by atoms with E-state index in [1.165, 1.54) is 12.1 Å². The van der Waals surface area contributed by atoms with Gasteiger partial charge in [0.25, 0.3) is 0 Å². The Bertz CT molecular complexity index is 1480. The fourth-order valence-electron chi connectivity index (χ4n) is 4.79. The maximum Gasteiger partial charge on any atom is 0.123 e. The lowest BCUT2D eigenvalue weighted by atomic mass is 9.78. The molecule has 2 fully saturated rings. The average molecular weight is 502 g/mol. The zero-order chi connectivity index (χ0) is 24.9. The first-order chi connectivity index (χ1) is 17.4. The molecule has 182 valence electrons. The molecule has 2 N–H and O–H groups in total. The first-order valence-electron chi connectivity index (χ1n) is 12.2. The molecule has 36 heavy (non-hydrogen) atoms. The van der Waals surface area contributed by atoms with E-state index in [1.54, 1.807) is 18.3 Å². The monoisotopic (exact) mass is 501 g/mol. The molecule has 0 spiro atoms. The third kappa shape index (κ3) is 4.24. The predicted octanol–water partition coefficient (Wildman–Crippen LogP) is 6.38. The van der Waals surface area contributed by atoms with Crippen LogP contribution in [0.4, 0.5) is 15.8 Å². The quantitative estimate of drug-likeness (QED) is 0.305. The second-order valence-corrected chi connectivity index (χ2v) is 10.4. The summed E-state index contributed by atoms with van der Waals surface area (Å²) in [7, 11) is 0. The van der Waals surface area contributed by atoms with Crippen molar-refractivity contribution in [3.8, 4) is 6.07 Å². The lowest BCUT2D eigenvalue weighted by Crippen LogP contribution is -2.41. The minimum absolute atomic E-state index is 0.0618. The van der Waals surface area contributed by atoms with Gasteiger partial charge in [-0.1, -0.05) is 28.9 Å². The molecule has 0 amide bonds. The minimum atomic E-state index is -0.376. The molecule has 0 radical (unpaired) electrons. The Labute approximate surface area is 213 Å². The molecule has 0 saturated heterocycles. The zero-order valence-electron chi connectivity index (χ0n) is 19.8. The molecule has 2 aromatic carbocycles. The van der Waals surface area contributed by atoms with Gasteiger partial charge in [0.15, 0.2) is 0 Å². The lowest BCUT2D eigenvalue weighted by molar-refractivity contribution is 0.307. The van der Waals surface area contributed by atoms with Crippen molar-refractivity contribution in [1.82, 2.24) is 20.0 Å². The van der Waals surface area contributed by atoms with Crippen molar-refractivity contribution in [3.63, 3.8) is 0 Å². The number of aromatic nitrogens is 4. The van der Waals surface area contributed by atoms with Crippen LogP contribution >= 0.6 is 11.6 Å². The van der Waals surface area contributed by atoms with E-state index in [0.717, 1.165) is 60.1 Å². The number of benzene rings is 2. The van der Waals surface area contributed by atoms with E-state index in [0.29, 0.717) is 22.1 Å². The van der Waals surface area contributed by atoms with Gasteiger partial charge in [-0.05, 0) is 68.9 Å². The van der Waals surface area contributed by atoms with Gasteiger partial charge >= 0.3 is 0 Å². The third-order valence-electron chi connectivity index (χ3n) is 7.19. The summed E-state index contributed by atoms with van der Waals surface area (Å²) in [6.07, 6.45) is 8.95. The minimum Gasteiger partial charge on any atom is -0.378 e. The van der Waals surface area contributed by atoms with Crippen LogP contribution in [0.3, 0.4) is 0 Å². The number of fused-ring (bicyclic) bond motifs is 1. The van der Waals surface area contributed by atoms with Crippen molar-refractivity contribution in [1.29, 1.82) is 5.26 Å². The van der Waals surface area contributed by atoms with Crippen LogP contribution in [0.25, 0.3) is 10.9 Å². The van der Waals surface area contributed by atoms with E-state index in [4.69, 9.17) is 11.6 Å². The maximum atomic E-state index is 13.7. The Morgan fingerprint density at radius 1 is 1.22 bits per heavy atom. The molecule has 2 saturated carbocycles. The van der Waals surface area contributed by atoms with Crippen LogP contribution in [0.2, 0.25) is 5.02 Å². The van der Waals surface area contributed by atoms with Crippen LogP contribution in [0.1, 0.15) is 67.9 Å². The molecule has 2 aliphatic carbocycles. The zero-order valence-corrected chi connectivity index (χ0v) is 20.6. The molecule has 0 aliphatic heterocycles. The van der Waals surface area contributed by atoms with E-state index in [1.807, 2.05) is 23.0 Å². The summed E-state index contributed by atoms with van der Waals surface area (Å²) in [5, 5.41) is 26.9. The van der Waals surface area contributed by atoms with Crippen LogP contribution in [-0.2, 0) is 0 Å². The van der Waals surface area contributed by atoms with E-state index >= 15 is 0 Å². The molecule has 9 heteroatoms. The van der Waals surface area contributed by atoms with Gasteiger partial charge in [0.1, 0.15) is 17.6 Å². The molecule has 0 bridgehead atoms. The summed E-state index contributed by atoms with van der Waals surface area (Å²) in [5.74, 6) is -0.303. The second-order valence-electron chi connectivity index (χ2n) is 10.0. The Balaban J connectivity index is 1.43. The molecular formula is C27H25ClFN7. The van der Waals surface area contributed by atoms with Gasteiger partial charge in [-0.25, -0.2) is 9.07 Å². The van der Waals surface area contributed by atoms with Crippen molar-refractivity contribution in [2.24, 2.45) is 0 Å². The van der Waals surface area contributed by atoms with Crippen molar-refractivity contribution in [3.05, 3.63) is 76.5 Å². The number of rotatable bonds is 7. The molecular weight excluding hydrogens is 477 g/mol. The van der Waals surface area contributed by atoms with E-state index < -0.39 is 0 Å². The summed E-state index contributed by atoms with van der Waals surface area (Å²) in [6.45, 7) is 2.17. The molecule has 6 rings (SSSR count). The molecule has 1 unspecified atom stereocenters. The summed E-state index contributed by atoms with van der Waals surface area (Å²) < 4.78 is 15.6. The number of anilines is 2. The van der Waals surface area contributed by atoms with Gasteiger partial charge < -0.3 is 10.6 Å². The van der Waals surface area contributed by atoms with Gasteiger partial charge in [-0.2, -0.15) is 5.26 Å². The molecule has 2 aromatic heterocycles. The Morgan fingerprint density at radius 2 is 2.00 bits per heavy atom. The number of nitriles is 1. The fourth-order valence-corrected chi connectivity index (χ4v) is 5.05. The molecule has 4 aromatic rings. The Hall–Kier alpha value is -3.70. The van der Waals surface area contributed by atoms with E-state index in [2.05, 4.69) is 38.9 Å². The summed E-state index contributed by atoms with van der Waals surface area (Å²) in [4.78, 5) is 4.47. The standard InChI is InChI=1S/C27H25ClFN7/c1-27(9-2-10-27)33-24-17(13-30)14-31-26-21(24)11-19(12-22(26)28)32-25(16-3-5-18(29)6-4-16)23-15-36(35-34-23)20-7-8-20/h3-6,11-12,14-15,20,25,32H,2,7-10H2,1H3,(H,31,33). The van der Waals surface area contributed by atoms with E-state index in [9.17, 15) is 9.65 Å². The number of halogens is 2. The van der Waals surface area contributed by atoms with Gasteiger partial charge in [0.2, 0.25) is 0 Å². The largest absolute Gasteiger partial charge is 0.378 e. The van der Waals surface area contributed by atoms with Crippen LogP contribution in [0.5, 0.6) is 0 Å². The molecule has 2 heterocycles. The predicted molar refractivity (Wildman–Crippen MR) is 138 cm³/mol. The maximum absolute atomic E-state index is 13.7. The van der Waals surface area contributed by atoms with Crippen molar-refractivity contribution in [2.45, 2.75) is 56.7 Å². The first-order valence-corrected chi connectivity index (χ1v) is 12.5. The Morgan fingerprint density at radius 3 is 2.67 bits per heavy atom.